The van der Waals surface area contributed by atoms with E-state index < -0.39 is 38.3 Å². The molecule has 0 saturated heterocycles. The van der Waals surface area contributed by atoms with Crippen LogP contribution < -0.4 is 5.14 Å². The Hall–Kier alpha value is -2.85. The average molecular weight is 428 g/mol. The summed E-state index contributed by atoms with van der Waals surface area (Å²) < 4.78 is 90.5. The van der Waals surface area contributed by atoms with Crippen molar-refractivity contribution >= 4 is 10.0 Å². The number of primary sulfonamides is 1. The first-order valence-corrected chi connectivity index (χ1v) is 9.59. The number of aromatic nitrogens is 1. The SMILES string of the molecule is Cc1cc(-c2ncccc2-c2cc(F)c(S(N)(=O)=O)cc2F)ccc1C(F)(F)F. The van der Waals surface area contributed by atoms with E-state index in [0.29, 0.717) is 12.1 Å². The van der Waals surface area contributed by atoms with Crippen molar-refractivity contribution in [2.75, 3.05) is 0 Å². The molecule has 0 atom stereocenters. The van der Waals surface area contributed by atoms with E-state index in [4.69, 9.17) is 5.14 Å². The number of hydrogen-bond acceptors (Lipinski definition) is 3. The maximum Gasteiger partial charge on any atom is 0.416 e. The molecule has 4 nitrogen and oxygen atoms in total. The van der Waals surface area contributed by atoms with Crippen LogP contribution in [0.1, 0.15) is 11.1 Å². The second kappa shape index (κ2) is 7.20. The summed E-state index contributed by atoms with van der Waals surface area (Å²) in [4.78, 5) is 3.08. The van der Waals surface area contributed by atoms with Crippen LogP contribution >= 0.6 is 0 Å². The summed E-state index contributed by atoms with van der Waals surface area (Å²) in [6.45, 7) is 1.27. The first-order chi connectivity index (χ1) is 13.4. The Morgan fingerprint density at radius 3 is 2.24 bits per heavy atom. The van der Waals surface area contributed by atoms with Gasteiger partial charge in [0, 0.05) is 22.9 Å². The van der Waals surface area contributed by atoms with Crippen LogP contribution in [-0.4, -0.2) is 13.4 Å². The summed E-state index contributed by atoms with van der Waals surface area (Å²) in [5.41, 5.74) is -0.775. The molecular weight excluding hydrogens is 415 g/mol. The zero-order valence-electron chi connectivity index (χ0n) is 14.8. The van der Waals surface area contributed by atoms with Gasteiger partial charge in [-0.05, 0) is 42.8 Å². The largest absolute Gasteiger partial charge is 0.416 e. The van der Waals surface area contributed by atoms with E-state index in [1.54, 1.807) is 0 Å². The van der Waals surface area contributed by atoms with Gasteiger partial charge < -0.3 is 0 Å². The Morgan fingerprint density at radius 2 is 1.66 bits per heavy atom. The normalized spacial score (nSPS) is 12.2. The van der Waals surface area contributed by atoms with Gasteiger partial charge >= 0.3 is 6.18 Å². The zero-order valence-corrected chi connectivity index (χ0v) is 15.6. The van der Waals surface area contributed by atoms with E-state index >= 15 is 0 Å². The molecule has 0 aliphatic rings. The van der Waals surface area contributed by atoms with Crippen LogP contribution in [0.15, 0.2) is 53.6 Å². The predicted octanol–water partition coefficient (Wildman–Crippen LogP) is 4.67. The second-order valence-electron chi connectivity index (χ2n) is 6.23. The molecule has 3 rings (SSSR count). The second-order valence-corrected chi connectivity index (χ2v) is 7.76. The summed E-state index contributed by atoms with van der Waals surface area (Å²) in [6, 6.07) is 7.23. The first-order valence-electron chi connectivity index (χ1n) is 8.05. The average Bonchev–Trinajstić information content (AvgIpc) is 2.61. The molecule has 0 radical (unpaired) electrons. The molecule has 0 fully saturated rings. The van der Waals surface area contributed by atoms with Gasteiger partial charge in [-0.2, -0.15) is 13.2 Å². The number of nitrogens with zero attached hydrogens (tertiary/aromatic N) is 1. The molecular formula is C19H13F5N2O2S. The molecule has 29 heavy (non-hydrogen) atoms. The number of pyridine rings is 1. The Morgan fingerprint density at radius 1 is 0.966 bits per heavy atom. The highest BCUT2D eigenvalue weighted by molar-refractivity contribution is 7.89. The van der Waals surface area contributed by atoms with Gasteiger partial charge in [0.25, 0.3) is 0 Å². The Labute approximate surface area is 162 Å². The minimum atomic E-state index is -4.53. The standard InChI is InChI=1S/C19H13F5N2O2S/c1-10-7-11(4-5-14(10)19(22,23)24)18-12(3-2-6-26-18)13-8-16(21)17(9-15(13)20)29(25,27)28/h2-9H,1H3,(H2,25,27,28). The number of benzene rings is 2. The molecule has 0 aliphatic heterocycles. The number of aryl methyl sites for hydroxylation is 1. The van der Waals surface area contributed by atoms with Gasteiger partial charge in [0.15, 0.2) is 0 Å². The van der Waals surface area contributed by atoms with Gasteiger partial charge in [0.2, 0.25) is 10.0 Å². The summed E-state index contributed by atoms with van der Waals surface area (Å²) >= 11 is 0. The Bertz CT molecular complexity index is 1210. The summed E-state index contributed by atoms with van der Waals surface area (Å²) in [6.07, 6.45) is -3.19. The van der Waals surface area contributed by atoms with Crippen LogP contribution in [0.3, 0.4) is 0 Å². The molecule has 1 aromatic heterocycles. The lowest BCUT2D eigenvalue weighted by atomic mass is 9.96. The van der Waals surface area contributed by atoms with Gasteiger partial charge in [0.1, 0.15) is 16.5 Å². The fraction of sp³-hybridized carbons (Fsp3) is 0.105. The molecule has 10 heteroatoms. The lowest BCUT2D eigenvalue weighted by Gasteiger charge is -2.14. The van der Waals surface area contributed by atoms with Crippen LogP contribution in [0.4, 0.5) is 22.0 Å². The van der Waals surface area contributed by atoms with Crippen molar-refractivity contribution < 1.29 is 30.4 Å². The number of hydrogen-bond donors (Lipinski definition) is 1. The number of nitrogens with two attached hydrogens (primary N) is 1. The van der Waals surface area contributed by atoms with Crippen molar-refractivity contribution in [1.82, 2.24) is 4.98 Å². The van der Waals surface area contributed by atoms with E-state index in [2.05, 4.69) is 4.98 Å². The number of rotatable bonds is 3. The third-order valence-electron chi connectivity index (χ3n) is 4.23. The van der Waals surface area contributed by atoms with Crippen LogP contribution in [0, 0.1) is 18.6 Å². The van der Waals surface area contributed by atoms with E-state index in [1.807, 2.05) is 0 Å². The van der Waals surface area contributed by atoms with Gasteiger partial charge in [-0.3, -0.25) is 4.98 Å². The van der Waals surface area contributed by atoms with Crippen molar-refractivity contribution in [1.29, 1.82) is 0 Å². The van der Waals surface area contributed by atoms with Crippen LogP contribution in [0.5, 0.6) is 0 Å². The molecule has 0 aliphatic carbocycles. The first kappa shape index (κ1) is 20.9. The van der Waals surface area contributed by atoms with Crippen molar-refractivity contribution in [2.45, 2.75) is 18.0 Å². The molecule has 3 aromatic rings. The summed E-state index contributed by atoms with van der Waals surface area (Å²) in [7, 11) is -4.48. The van der Waals surface area contributed by atoms with E-state index in [1.165, 1.54) is 37.4 Å². The molecule has 0 saturated carbocycles. The van der Waals surface area contributed by atoms with Gasteiger partial charge in [-0.1, -0.05) is 12.1 Å². The zero-order chi connectivity index (χ0) is 21.6. The number of alkyl halides is 3. The van der Waals surface area contributed by atoms with Gasteiger partial charge in [0.05, 0.1) is 11.3 Å². The Balaban J connectivity index is 2.19. The number of halogens is 5. The maximum absolute atomic E-state index is 14.6. The minimum Gasteiger partial charge on any atom is -0.256 e. The highest BCUT2D eigenvalue weighted by Gasteiger charge is 2.32. The smallest absolute Gasteiger partial charge is 0.256 e. The van der Waals surface area contributed by atoms with Crippen molar-refractivity contribution in [3.63, 3.8) is 0 Å². The molecule has 2 aromatic carbocycles. The van der Waals surface area contributed by atoms with Crippen molar-refractivity contribution in [3.8, 4) is 22.4 Å². The Kier molecular flexibility index (Phi) is 5.18. The molecule has 0 spiro atoms. The predicted molar refractivity (Wildman–Crippen MR) is 96.1 cm³/mol. The van der Waals surface area contributed by atoms with Crippen LogP contribution in [0.2, 0.25) is 0 Å². The van der Waals surface area contributed by atoms with Gasteiger partial charge in [-0.25, -0.2) is 22.3 Å². The highest BCUT2D eigenvalue weighted by atomic mass is 32.2. The van der Waals surface area contributed by atoms with Gasteiger partial charge in [-0.15, -0.1) is 0 Å². The monoisotopic (exact) mass is 428 g/mol. The van der Waals surface area contributed by atoms with E-state index in [0.717, 1.165) is 6.07 Å². The van der Waals surface area contributed by atoms with Crippen molar-refractivity contribution in [3.05, 3.63) is 71.4 Å². The van der Waals surface area contributed by atoms with Crippen LogP contribution in [0.25, 0.3) is 22.4 Å². The molecule has 152 valence electrons. The van der Waals surface area contributed by atoms with E-state index in [9.17, 15) is 30.4 Å². The summed E-state index contributed by atoms with van der Waals surface area (Å²) in [5, 5.41) is 4.86. The highest BCUT2D eigenvalue weighted by Crippen LogP contribution is 2.37. The molecule has 0 amide bonds. The lowest BCUT2D eigenvalue weighted by Crippen LogP contribution is -2.14. The molecule has 2 N–H and O–H groups in total. The van der Waals surface area contributed by atoms with E-state index in [-0.39, 0.29) is 27.9 Å². The maximum atomic E-state index is 14.6. The summed E-state index contributed by atoms with van der Waals surface area (Å²) in [5.74, 6) is -2.34. The lowest BCUT2D eigenvalue weighted by molar-refractivity contribution is -0.138. The topological polar surface area (TPSA) is 73.0 Å². The number of sulfonamides is 1. The third kappa shape index (κ3) is 4.13. The molecule has 0 bridgehead atoms. The fourth-order valence-corrected chi connectivity index (χ4v) is 3.53. The molecule has 1 heterocycles. The minimum absolute atomic E-state index is 0.0668. The molecule has 0 unspecified atom stereocenters. The third-order valence-corrected chi connectivity index (χ3v) is 5.16. The fourth-order valence-electron chi connectivity index (χ4n) is 2.93. The van der Waals surface area contributed by atoms with Crippen molar-refractivity contribution in [2.24, 2.45) is 5.14 Å². The van der Waals surface area contributed by atoms with Crippen LogP contribution in [-0.2, 0) is 16.2 Å². The quantitative estimate of drug-likeness (QED) is 0.617.